The second kappa shape index (κ2) is 32.5. The van der Waals surface area contributed by atoms with E-state index in [0.717, 1.165) is 44.9 Å². The lowest BCUT2D eigenvalue weighted by molar-refractivity contribution is -0.150. The summed E-state index contributed by atoms with van der Waals surface area (Å²) in [5, 5.41) is 0. The van der Waals surface area contributed by atoms with Gasteiger partial charge < -0.3 is 9.47 Å². The Morgan fingerprint density at radius 2 is 0.750 bits per heavy atom. The van der Waals surface area contributed by atoms with Crippen LogP contribution < -0.4 is 0 Å². The predicted octanol–water partition coefficient (Wildman–Crippen LogP) is 11.8. The molecule has 0 saturated carbocycles. The van der Waals surface area contributed by atoms with E-state index in [9.17, 15) is 9.59 Å². The highest BCUT2D eigenvalue weighted by molar-refractivity contribution is 5.69. The minimum absolute atomic E-state index is 0.0337. The Labute approximate surface area is 250 Å². The van der Waals surface area contributed by atoms with Crippen molar-refractivity contribution in [1.82, 2.24) is 0 Å². The van der Waals surface area contributed by atoms with Crippen molar-refractivity contribution in [3.63, 3.8) is 0 Å². The van der Waals surface area contributed by atoms with Gasteiger partial charge in [0.2, 0.25) is 0 Å². The second-order valence-corrected chi connectivity index (χ2v) is 12.1. The first-order valence-electron chi connectivity index (χ1n) is 18.0. The number of hydrogen-bond donors (Lipinski definition) is 0. The lowest BCUT2D eigenvalue weighted by atomic mass is 10.0. The zero-order chi connectivity index (χ0) is 29.4. The van der Waals surface area contributed by atoms with Crippen LogP contribution >= 0.6 is 0 Å². The Morgan fingerprint density at radius 3 is 1.15 bits per heavy atom. The van der Waals surface area contributed by atoms with Crippen LogP contribution in [0.25, 0.3) is 0 Å². The van der Waals surface area contributed by atoms with Crippen molar-refractivity contribution < 1.29 is 19.1 Å². The third-order valence-electron chi connectivity index (χ3n) is 8.12. The number of carbonyl (C=O) groups is 2. The summed E-state index contributed by atoms with van der Waals surface area (Å²) in [6, 6.07) is 0. The van der Waals surface area contributed by atoms with Crippen LogP contribution in [0.15, 0.2) is 0 Å². The lowest BCUT2D eigenvalue weighted by Crippen LogP contribution is -2.18. The van der Waals surface area contributed by atoms with E-state index >= 15 is 0 Å². The van der Waals surface area contributed by atoms with Crippen molar-refractivity contribution in [2.75, 3.05) is 6.61 Å². The molecular weight excluding hydrogens is 496 g/mol. The predicted molar refractivity (Wildman–Crippen MR) is 172 cm³/mol. The number of ether oxygens (including phenoxy) is 2. The quantitative estimate of drug-likeness (QED) is 0.0600. The van der Waals surface area contributed by atoms with Crippen molar-refractivity contribution in [2.24, 2.45) is 0 Å². The first-order valence-corrected chi connectivity index (χ1v) is 18.0. The molecule has 0 amide bonds. The Morgan fingerprint density at radius 1 is 0.425 bits per heavy atom. The second-order valence-electron chi connectivity index (χ2n) is 12.1. The average molecular weight is 567 g/mol. The van der Waals surface area contributed by atoms with Crippen LogP contribution in [-0.4, -0.2) is 24.6 Å². The largest absolute Gasteiger partial charge is 0.466 e. The Hall–Kier alpha value is -1.06. The van der Waals surface area contributed by atoms with Crippen molar-refractivity contribution in [3.8, 4) is 0 Å². The highest BCUT2D eigenvalue weighted by atomic mass is 16.5. The van der Waals surface area contributed by atoms with Gasteiger partial charge >= 0.3 is 11.9 Å². The molecule has 4 heteroatoms. The zero-order valence-electron chi connectivity index (χ0n) is 27.4. The van der Waals surface area contributed by atoms with E-state index in [0.29, 0.717) is 19.4 Å². The molecule has 1 unspecified atom stereocenters. The van der Waals surface area contributed by atoms with E-state index in [1.807, 2.05) is 6.92 Å². The van der Waals surface area contributed by atoms with E-state index in [4.69, 9.17) is 9.47 Å². The van der Waals surface area contributed by atoms with Crippen molar-refractivity contribution in [2.45, 2.75) is 213 Å². The fourth-order valence-electron chi connectivity index (χ4n) is 5.53. The number of unbranched alkanes of at least 4 members (excludes halogenated alkanes) is 22. The molecule has 0 aromatic heterocycles. The summed E-state index contributed by atoms with van der Waals surface area (Å²) >= 11 is 0. The third-order valence-corrected chi connectivity index (χ3v) is 8.12. The van der Waals surface area contributed by atoms with Gasteiger partial charge in [-0.3, -0.25) is 9.59 Å². The highest BCUT2D eigenvalue weighted by Gasteiger charge is 2.14. The van der Waals surface area contributed by atoms with Crippen LogP contribution in [-0.2, 0) is 19.1 Å². The summed E-state index contributed by atoms with van der Waals surface area (Å²) in [7, 11) is 0. The van der Waals surface area contributed by atoms with Crippen LogP contribution in [0.5, 0.6) is 0 Å². The number of rotatable bonds is 32. The monoisotopic (exact) mass is 567 g/mol. The lowest BCUT2D eigenvalue weighted by Gasteiger charge is -2.18. The van der Waals surface area contributed by atoms with Crippen LogP contribution in [0.4, 0.5) is 0 Å². The molecule has 4 nitrogen and oxygen atoms in total. The molecule has 0 aromatic carbocycles. The molecule has 0 bridgehead atoms. The summed E-state index contributed by atoms with van der Waals surface area (Å²) in [4.78, 5) is 23.9. The van der Waals surface area contributed by atoms with Gasteiger partial charge in [0.05, 0.1) is 6.61 Å². The molecule has 238 valence electrons. The highest BCUT2D eigenvalue weighted by Crippen LogP contribution is 2.18. The molecule has 0 aliphatic heterocycles. The molecule has 0 heterocycles. The minimum Gasteiger partial charge on any atom is -0.466 e. The van der Waals surface area contributed by atoms with Crippen molar-refractivity contribution in [1.29, 1.82) is 0 Å². The van der Waals surface area contributed by atoms with Gasteiger partial charge in [0.1, 0.15) is 6.10 Å². The van der Waals surface area contributed by atoms with Gasteiger partial charge in [-0.25, -0.2) is 0 Å². The fraction of sp³-hybridized carbons (Fsp3) is 0.944. The molecule has 40 heavy (non-hydrogen) atoms. The Balaban J connectivity index is 3.83. The van der Waals surface area contributed by atoms with Gasteiger partial charge in [0.25, 0.3) is 0 Å². The number of carbonyl (C=O) groups excluding carboxylic acids is 2. The molecule has 0 aromatic rings. The summed E-state index contributed by atoms with van der Waals surface area (Å²) in [6.45, 7) is 6.87. The molecule has 0 fully saturated rings. The SMILES string of the molecule is CCCCCCCCCCCCCCCC(=O)OC(CCCCCC)CCCCCCCCCCC(=O)OCC. The molecule has 0 radical (unpaired) electrons. The van der Waals surface area contributed by atoms with Crippen LogP contribution in [0.2, 0.25) is 0 Å². The Kier molecular flexibility index (Phi) is 31.6. The zero-order valence-corrected chi connectivity index (χ0v) is 27.4. The molecule has 0 spiro atoms. The van der Waals surface area contributed by atoms with Gasteiger partial charge in [-0.15, -0.1) is 0 Å². The van der Waals surface area contributed by atoms with Crippen molar-refractivity contribution in [3.05, 3.63) is 0 Å². The smallest absolute Gasteiger partial charge is 0.306 e. The van der Waals surface area contributed by atoms with Gasteiger partial charge in [-0.1, -0.05) is 149 Å². The van der Waals surface area contributed by atoms with Gasteiger partial charge in [0.15, 0.2) is 0 Å². The van der Waals surface area contributed by atoms with Crippen molar-refractivity contribution >= 4 is 11.9 Å². The standard InChI is InChI=1S/C36H70O4/c1-4-7-9-11-12-13-14-15-16-17-22-25-29-33-36(38)40-34(30-26-10-8-5-2)31-27-23-20-18-19-21-24-28-32-35(37)39-6-3/h34H,4-33H2,1-3H3. The molecular formula is C36H70O4. The summed E-state index contributed by atoms with van der Waals surface area (Å²) in [5.41, 5.74) is 0. The number of esters is 2. The van der Waals surface area contributed by atoms with E-state index < -0.39 is 0 Å². The van der Waals surface area contributed by atoms with Crippen LogP contribution in [0.3, 0.4) is 0 Å². The summed E-state index contributed by atoms with van der Waals surface area (Å²) < 4.78 is 11.0. The van der Waals surface area contributed by atoms with E-state index in [1.54, 1.807) is 0 Å². The van der Waals surface area contributed by atoms with Gasteiger partial charge in [-0.05, 0) is 45.4 Å². The van der Waals surface area contributed by atoms with Crippen LogP contribution in [0.1, 0.15) is 207 Å². The summed E-state index contributed by atoms with van der Waals surface area (Å²) in [5.74, 6) is -0.0248. The van der Waals surface area contributed by atoms with Gasteiger partial charge in [-0.2, -0.15) is 0 Å². The maximum atomic E-state index is 12.5. The topological polar surface area (TPSA) is 52.6 Å². The third kappa shape index (κ3) is 29.9. The molecule has 0 rings (SSSR count). The van der Waals surface area contributed by atoms with E-state index in [2.05, 4.69) is 13.8 Å². The van der Waals surface area contributed by atoms with Gasteiger partial charge in [0, 0.05) is 12.8 Å². The molecule has 0 aliphatic carbocycles. The molecule has 0 saturated heterocycles. The number of hydrogen-bond acceptors (Lipinski definition) is 4. The summed E-state index contributed by atoms with van der Waals surface area (Å²) in [6.07, 6.45) is 35.0. The van der Waals surface area contributed by atoms with Crippen LogP contribution in [0, 0.1) is 0 Å². The fourth-order valence-corrected chi connectivity index (χ4v) is 5.53. The average Bonchev–Trinajstić information content (AvgIpc) is 2.94. The van der Waals surface area contributed by atoms with E-state index in [1.165, 1.54) is 128 Å². The Bertz CT molecular complexity index is 533. The minimum atomic E-state index is -0.0585. The maximum absolute atomic E-state index is 12.5. The maximum Gasteiger partial charge on any atom is 0.306 e. The van der Waals surface area contributed by atoms with E-state index in [-0.39, 0.29) is 18.0 Å². The first-order chi connectivity index (χ1) is 19.6. The normalized spacial score (nSPS) is 12.0. The first kappa shape index (κ1) is 38.9. The molecule has 0 aliphatic rings. The molecule has 1 atom stereocenters. The molecule has 0 N–H and O–H groups in total.